The van der Waals surface area contributed by atoms with Crippen LogP contribution < -0.4 is 5.73 Å². The summed E-state index contributed by atoms with van der Waals surface area (Å²) in [5.74, 6) is 0. The van der Waals surface area contributed by atoms with E-state index in [1.807, 2.05) is 13.0 Å². The Labute approximate surface area is 90.3 Å². The summed E-state index contributed by atoms with van der Waals surface area (Å²) in [6.07, 6.45) is 2.35. The van der Waals surface area contributed by atoms with Gasteiger partial charge in [-0.2, -0.15) is 0 Å². The van der Waals surface area contributed by atoms with Crippen LogP contribution in [-0.4, -0.2) is 6.04 Å². The van der Waals surface area contributed by atoms with Crippen molar-refractivity contribution in [1.29, 1.82) is 0 Å². The van der Waals surface area contributed by atoms with Gasteiger partial charge in [0, 0.05) is 16.5 Å². The van der Waals surface area contributed by atoms with E-state index in [4.69, 9.17) is 17.3 Å². The fourth-order valence-electron chi connectivity index (χ4n) is 2.14. The molecule has 0 saturated heterocycles. The van der Waals surface area contributed by atoms with E-state index in [0.29, 0.717) is 0 Å². The van der Waals surface area contributed by atoms with Crippen molar-refractivity contribution in [2.75, 3.05) is 0 Å². The quantitative estimate of drug-likeness (QED) is 0.796. The van der Waals surface area contributed by atoms with Crippen molar-refractivity contribution >= 4 is 11.6 Å². The van der Waals surface area contributed by atoms with Crippen LogP contribution in [0.15, 0.2) is 18.2 Å². The molecule has 0 heterocycles. The lowest BCUT2D eigenvalue weighted by molar-refractivity contribution is 0.556. The molecule has 0 spiro atoms. The first-order valence-corrected chi connectivity index (χ1v) is 5.47. The molecule has 1 aliphatic carbocycles. The van der Waals surface area contributed by atoms with Crippen molar-refractivity contribution in [1.82, 2.24) is 0 Å². The fourth-order valence-corrected chi connectivity index (χ4v) is 2.45. The van der Waals surface area contributed by atoms with E-state index >= 15 is 0 Å². The molecule has 0 aromatic heterocycles. The Balaban J connectivity index is 2.47. The van der Waals surface area contributed by atoms with Crippen LogP contribution >= 0.6 is 11.6 Å². The van der Waals surface area contributed by atoms with Crippen LogP contribution in [0.5, 0.6) is 0 Å². The van der Waals surface area contributed by atoms with Crippen molar-refractivity contribution in [2.45, 2.75) is 38.1 Å². The summed E-state index contributed by atoms with van der Waals surface area (Å²) in [4.78, 5) is 0. The van der Waals surface area contributed by atoms with Crippen LogP contribution in [0.25, 0.3) is 0 Å². The molecule has 2 rings (SSSR count). The second-order valence-corrected chi connectivity index (χ2v) is 4.76. The van der Waals surface area contributed by atoms with Gasteiger partial charge in [0.15, 0.2) is 0 Å². The lowest BCUT2D eigenvalue weighted by atomic mass is 9.88. The first-order valence-electron chi connectivity index (χ1n) is 5.09. The molecule has 0 aliphatic heterocycles. The van der Waals surface area contributed by atoms with Gasteiger partial charge in [0.05, 0.1) is 0 Å². The van der Waals surface area contributed by atoms with E-state index in [2.05, 4.69) is 19.1 Å². The molecule has 0 radical (unpaired) electrons. The largest absolute Gasteiger partial charge is 0.327 e. The van der Waals surface area contributed by atoms with E-state index in [0.717, 1.165) is 10.6 Å². The molecular formula is C12H16ClN. The van der Waals surface area contributed by atoms with Crippen LogP contribution in [-0.2, 0) is 5.41 Å². The van der Waals surface area contributed by atoms with Crippen LogP contribution in [0.3, 0.4) is 0 Å². The molecule has 2 heteroatoms. The molecule has 0 bridgehead atoms. The number of benzene rings is 1. The topological polar surface area (TPSA) is 26.0 Å². The Hall–Kier alpha value is -0.530. The number of hydrogen-bond donors (Lipinski definition) is 1. The third kappa shape index (κ3) is 1.35. The standard InChI is InChI=1S/C12H16ClN/c1-8-4-3-5-10(11(8)13)12(6-7-12)9(2)14/h3-5,9H,6-7,14H2,1-2H3. The predicted octanol–water partition coefficient (Wildman–Crippen LogP) is 3.03. The zero-order valence-electron chi connectivity index (χ0n) is 8.68. The predicted molar refractivity (Wildman–Crippen MR) is 60.8 cm³/mol. The molecule has 1 atom stereocenters. The second kappa shape index (κ2) is 3.25. The van der Waals surface area contributed by atoms with Gasteiger partial charge in [-0.3, -0.25) is 0 Å². The molecule has 1 saturated carbocycles. The minimum atomic E-state index is 0.170. The fraction of sp³-hybridized carbons (Fsp3) is 0.500. The monoisotopic (exact) mass is 209 g/mol. The van der Waals surface area contributed by atoms with Crippen LogP contribution in [0.1, 0.15) is 30.9 Å². The Morgan fingerprint density at radius 1 is 1.43 bits per heavy atom. The lowest BCUT2D eigenvalue weighted by Crippen LogP contribution is -2.31. The Kier molecular flexibility index (Phi) is 2.32. The molecule has 0 amide bonds. The van der Waals surface area contributed by atoms with E-state index in [1.165, 1.54) is 18.4 Å². The van der Waals surface area contributed by atoms with Gasteiger partial charge in [0.2, 0.25) is 0 Å². The molecule has 76 valence electrons. The first kappa shape index (κ1) is 10.0. The highest BCUT2D eigenvalue weighted by molar-refractivity contribution is 6.32. The van der Waals surface area contributed by atoms with Crippen molar-refractivity contribution in [3.63, 3.8) is 0 Å². The van der Waals surface area contributed by atoms with Gasteiger partial charge in [-0.15, -0.1) is 0 Å². The average Bonchev–Trinajstić information content (AvgIpc) is 2.90. The van der Waals surface area contributed by atoms with Gasteiger partial charge in [-0.05, 0) is 37.8 Å². The number of hydrogen-bond acceptors (Lipinski definition) is 1. The molecule has 1 aromatic carbocycles. The summed E-state index contributed by atoms with van der Waals surface area (Å²) in [6.45, 7) is 4.12. The molecular weight excluding hydrogens is 194 g/mol. The van der Waals surface area contributed by atoms with Crippen LogP contribution in [0.2, 0.25) is 5.02 Å². The maximum atomic E-state index is 6.31. The highest BCUT2D eigenvalue weighted by Gasteiger charge is 2.48. The molecule has 1 nitrogen and oxygen atoms in total. The summed E-state index contributed by atoms with van der Waals surface area (Å²) in [6, 6.07) is 6.43. The maximum absolute atomic E-state index is 6.31. The van der Waals surface area contributed by atoms with Crippen molar-refractivity contribution in [3.05, 3.63) is 34.3 Å². The molecule has 1 unspecified atom stereocenters. The summed E-state index contributed by atoms with van der Waals surface area (Å²) < 4.78 is 0. The van der Waals surface area contributed by atoms with Gasteiger partial charge >= 0.3 is 0 Å². The van der Waals surface area contributed by atoms with Crippen molar-refractivity contribution in [2.24, 2.45) is 5.73 Å². The first-order chi connectivity index (χ1) is 6.58. The zero-order valence-corrected chi connectivity index (χ0v) is 9.43. The van der Waals surface area contributed by atoms with Gasteiger partial charge in [-0.1, -0.05) is 29.8 Å². The summed E-state index contributed by atoms with van der Waals surface area (Å²) >= 11 is 6.31. The number of nitrogens with two attached hydrogens (primary N) is 1. The summed E-state index contributed by atoms with van der Waals surface area (Å²) in [7, 11) is 0. The second-order valence-electron chi connectivity index (χ2n) is 4.38. The van der Waals surface area contributed by atoms with Gasteiger partial charge in [0.25, 0.3) is 0 Å². The smallest absolute Gasteiger partial charge is 0.0473 e. The Bertz CT molecular complexity index is 353. The third-order valence-electron chi connectivity index (χ3n) is 3.39. The van der Waals surface area contributed by atoms with E-state index in [-0.39, 0.29) is 11.5 Å². The van der Waals surface area contributed by atoms with Gasteiger partial charge < -0.3 is 5.73 Å². The van der Waals surface area contributed by atoms with E-state index < -0.39 is 0 Å². The van der Waals surface area contributed by atoms with Gasteiger partial charge in [0.1, 0.15) is 0 Å². The van der Waals surface area contributed by atoms with Gasteiger partial charge in [-0.25, -0.2) is 0 Å². The number of halogens is 1. The molecule has 1 fully saturated rings. The minimum absolute atomic E-state index is 0.170. The highest BCUT2D eigenvalue weighted by Crippen LogP contribution is 2.52. The summed E-state index contributed by atoms with van der Waals surface area (Å²) in [5.41, 5.74) is 8.59. The lowest BCUT2D eigenvalue weighted by Gasteiger charge is -2.22. The Morgan fingerprint density at radius 3 is 2.57 bits per heavy atom. The average molecular weight is 210 g/mol. The molecule has 14 heavy (non-hydrogen) atoms. The van der Waals surface area contributed by atoms with Crippen molar-refractivity contribution < 1.29 is 0 Å². The minimum Gasteiger partial charge on any atom is -0.327 e. The van der Waals surface area contributed by atoms with E-state index in [1.54, 1.807) is 0 Å². The van der Waals surface area contributed by atoms with Crippen LogP contribution in [0, 0.1) is 6.92 Å². The third-order valence-corrected chi connectivity index (χ3v) is 3.89. The Morgan fingerprint density at radius 2 is 2.07 bits per heavy atom. The molecule has 1 aliphatic rings. The van der Waals surface area contributed by atoms with Crippen LogP contribution in [0.4, 0.5) is 0 Å². The summed E-state index contributed by atoms with van der Waals surface area (Å²) in [5, 5.41) is 0.905. The number of aryl methyl sites for hydroxylation is 1. The van der Waals surface area contributed by atoms with E-state index in [9.17, 15) is 0 Å². The molecule has 2 N–H and O–H groups in total. The normalized spacial score (nSPS) is 20.6. The zero-order chi connectivity index (χ0) is 10.3. The highest BCUT2D eigenvalue weighted by atomic mass is 35.5. The van der Waals surface area contributed by atoms with Crippen molar-refractivity contribution in [3.8, 4) is 0 Å². The number of rotatable bonds is 2. The SMILES string of the molecule is Cc1cccc(C2(C(C)N)CC2)c1Cl. The maximum Gasteiger partial charge on any atom is 0.0473 e. The molecule has 1 aromatic rings.